The van der Waals surface area contributed by atoms with Crippen LogP contribution in [0.2, 0.25) is 0 Å². The van der Waals surface area contributed by atoms with E-state index in [1.807, 2.05) is 0 Å². The molecule has 0 radical (unpaired) electrons. The lowest BCUT2D eigenvalue weighted by atomic mass is 10.7. The molecule has 0 aliphatic heterocycles. The van der Waals surface area contributed by atoms with E-state index in [0.29, 0.717) is 0 Å². The van der Waals surface area contributed by atoms with E-state index in [2.05, 4.69) is 0 Å². The number of nitrogens with zero attached hydrogens (tertiary/aromatic N) is 1. The first-order chi connectivity index (χ1) is 2.94. The van der Waals surface area contributed by atoms with Gasteiger partial charge in [0, 0.05) is 21.1 Å². The number of hydrogen-bond acceptors (Lipinski definition) is 0. The van der Waals surface area contributed by atoms with Crippen molar-refractivity contribution in [1.82, 2.24) is 0 Å². The van der Waals surface area contributed by atoms with Crippen molar-refractivity contribution in [2.45, 2.75) is 0 Å². The van der Waals surface area contributed by atoms with Gasteiger partial charge in [-0.2, -0.15) is 0 Å². The molecule has 3 heteroatoms. The summed E-state index contributed by atoms with van der Waals surface area (Å²) < 4.78 is 22.5. The molecule has 0 saturated carbocycles. The van der Waals surface area contributed by atoms with Crippen LogP contribution in [0.4, 0.5) is 8.78 Å². The minimum absolute atomic E-state index is 0.361. The van der Waals surface area contributed by atoms with Gasteiger partial charge >= 0.3 is 0 Å². The summed E-state index contributed by atoms with van der Waals surface area (Å²) in [5.74, 6) is 0. The summed E-state index contributed by atoms with van der Waals surface area (Å²) in [5.41, 5.74) is 0. The zero-order valence-corrected chi connectivity index (χ0v) is 4.70. The highest BCUT2D eigenvalue weighted by atomic mass is 19.3. The number of rotatable bonds is 1. The molecule has 0 aromatic carbocycles. The van der Waals surface area contributed by atoms with Crippen molar-refractivity contribution >= 4 is 0 Å². The van der Waals surface area contributed by atoms with Crippen LogP contribution in [0.1, 0.15) is 0 Å². The predicted octanol–water partition coefficient (Wildman–Crippen LogP) is 1.08. The number of quaternary nitrogens is 1. The monoisotopic (exact) mass is 109 g/mol. The van der Waals surface area contributed by atoms with Crippen LogP contribution in [0.5, 0.6) is 0 Å². The summed E-state index contributed by atoms with van der Waals surface area (Å²) in [6.45, 7) is -1.57. The second kappa shape index (κ2) is 1.74. The quantitative estimate of drug-likeness (QED) is 0.268. The Bertz CT molecular complexity index is 55.2. The van der Waals surface area contributed by atoms with Gasteiger partial charge < -0.3 is 13.3 Å². The lowest BCUT2D eigenvalue weighted by Gasteiger charge is -2.33. The van der Waals surface area contributed by atoms with E-state index in [0.717, 1.165) is 0 Å². The molecule has 44 valence electrons. The summed E-state index contributed by atoms with van der Waals surface area (Å²) in [7, 11) is 4.24. The molecule has 0 fully saturated rings. The SMILES string of the molecule is C[N+](C)(C)[C-](F)F. The van der Waals surface area contributed by atoms with Gasteiger partial charge in [0.05, 0.1) is 0 Å². The lowest BCUT2D eigenvalue weighted by molar-refractivity contribution is -0.884. The molecule has 0 aromatic heterocycles. The van der Waals surface area contributed by atoms with E-state index in [-0.39, 0.29) is 4.48 Å². The largest absolute Gasteiger partial charge is 0.407 e. The van der Waals surface area contributed by atoms with E-state index in [1.54, 1.807) is 0 Å². The highest BCUT2D eigenvalue weighted by molar-refractivity contribution is 4.33. The van der Waals surface area contributed by atoms with Crippen LogP contribution in [0.3, 0.4) is 0 Å². The Labute approximate surface area is 42.1 Å². The molecule has 0 aliphatic carbocycles. The van der Waals surface area contributed by atoms with Crippen LogP contribution in [0, 0.1) is 6.55 Å². The molecule has 1 nitrogen and oxygen atoms in total. The Kier molecular flexibility index (Phi) is 1.69. The summed E-state index contributed by atoms with van der Waals surface area (Å²) in [6, 6.07) is 0. The topological polar surface area (TPSA) is 0 Å². The van der Waals surface area contributed by atoms with Crippen molar-refractivity contribution in [3.63, 3.8) is 0 Å². The fourth-order valence-corrected chi connectivity index (χ4v) is 0. The van der Waals surface area contributed by atoms with E-state index < -0.39 is 6.55 Å². The lowest BCUT2D eigenvalue weighted by Crippen LogP contribution is -2.34. The Balaban J connectivity index is 3.54. The van der Waals surface area contributed by atoms with Crippen molar-refractivity contribution in [3.8, 4) is 0 Å². The fraction of sp³-hybridized carbons (Fsp3) is 0.750. The van der Waals surface area contributed by atoms with Crippen LogP contribution in [0.15, 0.2) is 0 Å². The molecule has 0 unspecified atom stereocenters. The van der Waals surface area contributed by atoms with Crippen LogP contribution in [-0.2, 0) is 0 Å². The smallest absolute Gasteiger partial charge is 0.197 e. The zero-order valence-electron chi connectivity index (χ0n) is 4.70. The Hall–Kier alpha value is -0.180. The van der Waals surface area contributed by atoms with Crippen LogP contribution >= 0.6 is 0 Å². The molecule has 0 rings (SSSR count). The fourth-order valence-electron chi connectivity index (χ4n) is 0. The van der Waals surface area contributed by atoms with E-state index in [4.69, 9.17) is 0 Å². The summed E-state index contributed by atoms with van der Waals surface area (Å²) in [5, 5.41) is 0. The molecule has 0 N–H and O–H groups in total. The molecule has 0 aliphatic rings. The van der Waals surface area contributed by atoms with Gasteiger partial charge in [-0.05, 0) is 0 Å². The van der Waals surface area contributed by atoms with E-state index >= 15 is 0 Å². The molecule has 7 heavy (non-hydrogen) atoms. The van der Waals surface area contributed by atoms with Crippen molar-refractivity contribution in [2.24, 2.45) is 0 Å². The third-order valence-electron chi connectivity index (χ3n) is 0.507. The van der Waals surface area contributed by atoms with Gasteiger partial charge in [-0.3, -0.25) is 0 Å². The first-order valence-corrected chi connectivity index (χ1v) is 1.94. The summed E-state index contributed by atoms with van der Waals surface area (Å²) >= 11 is 0. The van der Waals surface area contributed by atoms with E-state index in [1.165, 1.54) is 21.1 Å². The Morgan fingerprint density at radius 3 is 1.29 bits per heavy atom. The van der Waals surface area contributed by atoms with Gasteiger partial charge in [0.15, 0.2) is 6.55 Å². The average Bonchev–Trinajstić information content (AvgIpc) is 1.31. The summed E-state index contributed by atoms with van der Waals surface area (Å²) in [6.07, 6.45) is 0. The minimum Gasteiger partial charge on any atom is -0.407 e. The predicted molar refractivity (Wildman–Crippen MR) is 23.5 cm³/mol. The van der Waals surface area contributed by atoms with Gasteiger partial charge in [0.1, 0.15) is 0 Å². The normalized spacial score (nSPS) is 12.9. The van der Waals surface area contributed by atoms with Crippen molar-refractivity contribution in [1.29, 1.82) is 0 Å². The van der Waals surface area contributed by atoms with Gasteiger partial charge in [-0.1, -0.05) is 0 Å². The van der Waals surface area contributed by atoms with Gasteiger partial charge in [0.25, 0.3) is 0 Å². The van der Waals surface area contributed by atoms with Crippen molar-refractivity contribution in [2.75, 3.05) is 21.1 Å². The molecule has 0 amide bonds. The first kappa shape index (κ1) is 6.82. The van der Waals surface area contributed by atoms with Gasteiger partial charge in [-0.25, -0.2) is 0 Å². The standard InChI is InChI=1S/C4H9F2N/c1-7(2,3)4(5)6/h1-3H3. The average molecular weight is 109 g/mol. The van der Waals surface area contributed by atoms with Gasteiger partial charge in [0.2, 0.25) is 0 Å². The zero-order chi connectivity index (χ0) is 6.08. The van der Waals surface area contributed by atoms with Crippen molar-refractivity contribution in [3.05, 3.63) is 6.55 Å². The second-order valence-electron chi connectivity index (χ2n) is 2.25. The number of halogens is 2. The van der Waals surface area contributed by atoms with Crippen molar-refractivity contribution < 1.29 is 13.3 Å². The Morgan fingerprint density at radius 1 is 1.14 bits per heavy atom. The first-order valence-electron chi connectivity index (χ1n) is 1.94. The van der Waals surface area contributed by atoms with Crippen LogP contribution in [-0.4, -0.2) is 25.6 Å². The minimum atomic E-state index is -1.57. The maximum atomic E-state index is 11.4. The molecule has 0 spiro atoms. The highest BCUT2D eigenvalue weighted by Gasteiger charge is 2.06. The molecule has 0 heterocycles. The maximum Gasteiger partial charge on any atom is 0.197 e. The Morgan fingerprint density at radius 2 is 1.29 bits per heavy atom. The molecule has 0 aromatic rings. The maximum absolute atomic E-state index is 11.4. The molecule has 0 saturated heterocycles. The third kappa shape index (κ3) is 2.51. The second-order valence-corrected chi connectivity index (χ2v) is 2.25. The summed E-state index contributed by atoms with van der Waals surface area (Å²) in [4.78, 5) is 0. The molecular weight excluding hydrogens is 100 g/mol. The number of hydrogen-bond donors (Lipinski definition) is 0. The van der Waals surface area contributed by atoms with Gasteiger partial charge in [-0.15, -0.1) is 0 Å². The van der Waals surface area contributed by atoms with E-state index in [9.17, 15) is 8.78 Å². The molecule has 0 bridgehead atoms. The highest BCUT2D eigenvalue weighted by Crippen LogP contribution is 2.12. The van der Waals surface area contributed by atoms with Crippen LogP contribution in [0.25, 0.3) is 0 Å². The van der Waals surface area contributed by atoms with Crippen LogP contribution < -0.4 is 0 Å². The third-order valence-corrected chi connectivity index (χ3v) is 0.507. The molecule has 0 atom stereocenters. The molecular formula is C4H9F2N.